The summed E-state index contributed by atoms with van der Waals surface area (Å²) in [5, 5.41) is 9.06. The first kappa shape index (κ1) is 17.2. The van der Waals surface area contributed by atoms with E-state index < -0.39 is 10.0 Å². The van der Waals surface area contributed by atoms with Gasteiger partial charge in [-0.25, -0.2) is 13.1 Å². The van der Waals surface area contributed by atoms with Gasteiger partial charge in [-0.05, 0) is 18.4 Å². The molecule has 116 valence electrons. The predicted octanol–water partition coefficient (Wildman–Crippen LogP) is 0.858. The van der Waals surface area contributed by atoms with Gasteiger partial charge in [-0.3, -0.25) is 0 Å². The molecule has 1 rings (SSSR count). The summed E-state index contributed by atoms with van der Waals surface area (Å²) in [6.45, 7) is 5.26. The maximum absolute atomic E-state index is 12.0. The number of aliphatic hydroxyl groups is 1. The maximum atomic E-state index is 12.0. The number of rotatable bonds is 9. The third-order valence-electron chi connectivity index (χ3n) is 2.93. The molecule has 2 N–H and O–H groups in total. The van der Waals surface area contributed by atoms with E-state index in [0.717, 1.165) is 6.42 Å². The largest absolute Gasteiger partial charge is 0.390 e. The summed E-state index contributed by atoms with van der Waals surface area (Å²) in [5.74, 6) is 0.577. The Hall–Kier alpha value is -0.890. The third kappa shape index (κ3) is 5.24. The highest BCUT2D eigenvalue weighted by Crippen LogP contribution is 2.13. The molecular weight excluding hydrogens is 280 g/mol. The van der Waals surface area contributed by atoms with Gasteiger partial charge in [-0.1, -0.05) is 13.8 Å². The quantitative estimate of drug-likeness (QED) is 0.663. The van der Waals surface area contributed by atoms with Crippen LogP contribution in [0.15, 0.2) is 17.2 Å². The van der Waals surface area contributed by atoms with Crippen LogP contribution in [0.2, 0.25) is 0 Å². The van der Waals surface area contributed by atoms with Crippen LogP contribution < -0.4 is 4.72 Å². The Labute approximate surface area is 120 Å². The molecule has 20 heavy (non-hydrogen) atoms. The maximum Gasteiger partial charge on any atom is 0.242 e. The van der Waals surface area contributed by atoms with Crippen LogP contribution in [-0.2, 0) is 28.4 Å². The fourth-order valence-corrected chi connectivity index (χ4v) is 2.74. The average molecular weight is 304 g/mol. The topological polar surface area (TPSA) is 80.6 Å². The Bertz CT molecular complexity index is 508. The monoisotopic (exact) mass is 304 g/mol. The van der Waals surface area contributed by atoms with Crippen molar-refractivity contribution < 1.29 is 18.3 Å². The summed E-state index contributed by atoms with van der Waals surface area (Å²) in [5.41, 5.74) is 0.554. The van der Waals surface area contributed by atoms with Gasteiger partial charge in [0.1, 0.15) is 0 Å². The number of hydrogen-bond donors (Lipinski definition) is 2. The zero-order valence-electron chi connectivity index (χ0n) is 12.3. The minimum absolute atomic E-state index is 0.159. The minimum atomic E-state index is -3.54. The van der Waals surface area contributed by atoms with Crippen molar-refractivity contribution in [1.82, 2.24) is 9.29 Å². The number of aryl methyl sites for hydroxylation is 1. The number of nitrogens with one attached hydrogen (secondary N) is 1. The number of hydrogen-bond acceptors (Lipinski definition) is 4. The van der Waals surface area contributed by atoms with Crippen molar-refractivity contribution in [3.63, 3.8) is 0 Å². The van der Waals surface area contributed by atoms with Crippen LogP contribution in [0.4, 0.5) is 0 Å². The number of ether oxygens (including phenoxy) is 1. The van der Waals surface area contributed by atoms with Gasteiger partial charge in [0.2, 0.25) is 10.0 Å². The Kier molecular flexibility index (Phi) is 6.67. The summed E-state index contributed by atoms with van der Waals surface area (Å²) in [6, 6.07) is 1.46. The molecule has 0 aromatic carbocycles. The highest BCUT2D eigenvalue weighted by molar-refractivity contribution is 7.89. The van der Waals surface area contributed by atoms with E-state index in [0.29, 0.717) is 24.8 Å². The fourth-order valence-electron chi connectivity index (χ4n) is 1.63. The van der Waals surface area contributed by atoms with Gasteiger partial charge < -0.3 is 14.4 Å². The average Bonchev–Trinajstić information content (AvgIpc) is 2.75. The van der Waals surface area contributed by atoms with Crippen LogP contribution in [0.3, 0.4) is 0 Å². The first-order valence-electron chi connectivity index (χ1n) is 6.70. The first-order valence-corrected chi connectivity index (χ1v) is 8.18. The molecule has 0 spiro atoms. The molecule has 0 fully saturated rings. The lowest BCUT2D eigenvalue weighted by atomic mass is 10.1. The molecular formula is C13H24N2O4S. The molecule has 0 aliphatic rings. The van der Waals surface area contributed by atoms with Crippen LogP contribution in [0.5, 0.6) is 0 Å². The van der Waals surface area contributed by atoms with Crippen molar-refractivity contribution >= 4 is 10.0 Å². The molecule has 0 bridgehead atoms. The number of sulfonamides is 1. The van der Waals surface area contributed by atoms with E-state index in [-0.39, 0.29) is 18.0 Å². The van der Waals surface area contributed by atoms with Gasteiger partial charge in [-0.2, -0.15) is 0 Å². The van der Waals surface area contributed by atoms with Crippen molar-refractivity contribution in [3.8, 4) is 0 Å². The molecule has 0 saturated heterocycles. The Morgan fingerprint density at radius 1 is 1.40 bits per heavy atom. The van der Waals surface area contributed by atoms with E-state index in [4.69, 9.17) is 9.84 Å². The molecule has 0 radical (unpaired) electrons. The SMILES string of the molecule is CC(C)CCOCCNS(=O)(=O)c1cc(CO)n(C)c1. The van der Waals surface area contributed by atoms with E-state index in [1.54, 1.807) is 11.6 Å². The minimum Gasteiger partial charge on any atom is -0.390 e. The normalized spacial score (nSPS) is 12.2. The molecule has 0 aliphatic carbocycles. The molecule has 0 unspecified atom stereocenters. The van der Waals surface area contributed by atoms with E-state index in [9.17, 15) is 8.42 Å². The van der Waals surface area contributed by atoms with Crippen LogP contribution in [0.25, 0.3) is 0 Å². The van der Waals surface area contributed by atoms with Crippen molar-refractivity contribution in [3.05, 3.63) is 18.0 Å². The van der Waals surface area contributed by atoms with Crippen molar-refractivity contribution in [2.75, 3.05) is 19.8 Å². The zero-order valence-corrected chi connectivity index (χ0v) is 13.1. The first-order chi connectivity index (χ1) is 9.36. The van der Waals surface area contributed by atoms with Crippen LogP contribution >= 0.6 is 0 Å². The second-order valence-corrected chi connectivity index (χ2v) is 6.90. The van der Waals surface area contributed by atoms with E-state index in [2.05, 4.69) is 18.6 Å². The standard InChI is InChI=1S/C13H24N2O4S/c1-11(2)4-6-19-7-5-14-20(17,18)13-8-12(10-16)15(3)9-13/h8-9,11,14,16H,4-7,10H2,1-3H3. The van der Waals surface area contributed by atoms with E-state index in [1.165, 1.54) is 12.3 Å². The van der Waals surface area contributed by atoms with Crippen molar-refractivity contribution in [2.45, 2.75) is 31.8 Å². The van der Waals surface area contributed by atoms with Crippen LogP contribution in [0, 0.1) is 5.92 Å². The van der Waals surface area contributed by atoms with Gasteiger partial charge >= 0.3 is 0 Å². The molecule has 6 nitrogen and oxygen atoms in total. The number of aliphatic hydroxyl groups excluding tert-OH is 1. The molecule has 1 heterocycles. The van der Waals surface area contributed by atoms with Gasteiger partial charge in [0.25, 0.3) is 0 Å². The molecule has 7 heteroatoms. The zero-order chi connectivity index (χ0) is 15.2. The predicted molar refractivity (Wildman–Crippen MR) is 76.8 cm³/mol. The van der Waals surface area contributed by atoms with Crippen molar-refractivity contribution in [2.24, 2.45) is 13.0 Å². The third-order valence-corrected chi connectivity index (χ3v) is 4.36. The Morgan fingerprint density at radius 3 is 2.65 bits per heavy atom. The van der Waals surface area contributed by atoms with Crippen molar-refractivity contribution in [1.29, 1.82) is 0 Å². The van der Waals surface area contributed by atoms with Gasteiger partial charge in [-0.15, -0.1) is 0 Å². The highest BCUT2D eigenvalue weighted by Gasteiger charge is 2.16. The van der Waals surface area contributed by atoms with Crippen LogP contribution in [0.1, 0.15) is 26.0 Å². The summed E-state index contributed by atoms with van der Waals surface area (Å²) in [7, 11) is -1.84. The lowest BCUT2D eigenvalue weighted by Crippen LogP contribution is -2.27. The Balaban J connectivity index is 2.41. The molecule has 0 atom stereocenters. The smallest absolute Gasteiger partial charge is 0.242 e. The van der Waals surface area contributed by atoms with Gasteiger partial charge in [0.05, 0.1) is 18.1 Å². The number of aromatic nitrogens is 1. The van der Waals surface area contributed by atoms with E-state index in [1.807, 2.05) is 0 Å². The molecule has 0 saturated carbocycles. The van der Waals surface area contributed by atoms with Crippen LogP contribution in [-0.4, -0.2) is 37.8 Å². The second-order valence-electron chi connectivity index (χ2n) is 5.13. The summed E-state index contributed by atoms with van der Waals surface area (Å²) < 4.78 is 33.4. The summed E-state index contributed by atoms with van der Waals surface area (Å²) >= 11 is 0. The molecule has 0 aliphatic heterocycles. The highest BCUT2D eigenvalue weighted by atomic mass is 32.2. The number of nitrogens with zero attached hydrogens (tertiary/aromatic N) is 1. The second kappa shape index (κ2) is 7.78. The lowest BCUT2D eigenvalue weighted by molar-refractivity contribution is 0.128. The van der Waals surface area contributed by atoms with E-state index >= 15 is 0 Å². The fraction of sp³-hybridized carbons (Fsp3) is 0.692. The van der Waals surface area contributed by atoms with Gasteiger partial charge in [0.15, 0.2) is 0 Å². The lowest BCUT2D eigenvalue weighted by Gasteiger charge is -2.07. The van der Waals surface area contributed by atoms with Gasteiger partial charge in [0, 0.05) is 32.1 Å². The molecule has 1 aromatic heterocycles. The Morgan fingerprint density at radius 2 is 2.10 bits per heavy atom. The molecule has 1 aromatic rings. The summed E-state index contributed by atoms with van der Waals surface area (Å²) in [4.78, 5) is 0.159. The molecule has 0 amide bonds. The summed E-state index contributed by atoms with van der Waals surface area (Å²) in [6.07, 6.45) is 2.44.